The fraction of sp³-hybridized carbons (Fsp3) is 0.316. The molecular weight excluding hydrogens is 322 g/mol. The predicted octanol–water partition coefficient (Wildman–Crippen LogP) is 3.22. The summed E-state index contributed by atoms with van der Waals surface area (Å²) < 4.78 is 22.9. The van der Waals surface area contributed by atoms with Crippen LogP contribution in [0.5, 0.6) is 0 Å². The van der Waals surface area contributed by atoms with Crippen molar-refractivity contribution in [2.45, 2.75) is 31.7 Å². The predicted molar refractivity (Wildman–Crippen MR) is 95.7 cm³/mol. The van der Waals surface area contributed by atoms with Gasteiger partial charge < -0.3 is 5.32 Å². The molecule has 0 fully saturated rings. The molecule has 5 heteroatoms. The van der Waals surface area contributed by atoms with Gasteiger partial charge >= 0.3 is 0 Å². The van der Waals surface area contributed by atoms with E-state index in [-0.39, 0.29) is 10.8 Å². The number of nitrogens with one attached hydrogen (secondary N) is 1. The highest BCUT2D eigenvalue weighted by molar-refractivity contribution is 7.90. The lowest BCUT2D eigenvalue weighted by Crippen LogP contribution is -2.24. The van der Waals surface area contributed by atoms with Gasteiger partial charge in [-0.1, -0.05) is 44.2 Å². The third-order valence-corrected chi connectivity index (χ3v) is 4.82. The number of hydrogen-bond donors (Lipinski definition) is 1. The minimum absolute atomic E-state index is 0.113. The Morgan fingerprint density at radius 1 is 1.04 bits per heavy atom. The molecule has 0 aromatic heterocycles. The minimum Gasteiger partial charge on any atom is -0.348 e. The molecule has 128 valence electrons. The Labute approximate surface area is 143 Å². The Kier molecular flexibility index (Phi) is 5.78. The lowest BCUT2D eigenvalue weighted by molar-refractivity contribution is 0.0950. The lowest BCUT2D eigenvalue weighted by Gasteiger charge is -2.12. The van der Waals surface area contributed by atoms with Crippen molar-refractivity contribution in [2.24, 2.45) is 5.92 Å². The lowest BCUT2D eigenvalue weighted by atomic mass is 9.97. The Morgan fingerprint density at radius 3 is 2.25 bits per heavy atom. The normalized spacial score (nSPS) is 11.5. The van der Waals surface area contributed by atoms with Gasteiger partial charge in [0.2, 0.25) is 0 Å². The molecular formula is C19H23NO3S. The molecule has 1 amide bonds. The number of rotatable bonds is 6. The number of benzene rings is 2. The maximum atomic E-state index is 12.4. The molecule has 0 aliphatic heterocycles. The van der Waals surface area contributed by atoms with Crippen LogP contribution in [0.4, 0.5) is 0 Å². The summed E-state index contributed by atoms with van der Waals surface area (Å²) in [5, 5.41) is 2.90. The first-order valence-electron chi connectivity index (χ1n) is 7.92. The van der Waals surface area contributed by atoms with Crippen molar-refractivity contribution in [3.8, 4) is 0 Å². The van der Waals surface area contributed by atoms with Gasteiger partial charge in [-0.05, 0) is 41.7 Å². The van der Waals surface area contributed by atoms with E-state index in [9.17, 15) is 13.2 Å². The second kappa shape index (κ2) is 7.62. The van der Waals surface area contributed by atoms with E-state index in [1.807, 2.05) is 24.3 Å². The van der Waals surface area contributed by atoms with Crippen LogP contribution in [0.25, 0.3) is 0 Å². The summed E-state index contributed by atoms with van der Waals surface area (Å²) in [5.74, 6) is 0.362. The van der Waals surface area contributed by atoms with E-state index in [2.05, 4.69) is 19.2 Å². The zero-order chi connectivity index (χ0) is 17.7. The number of carbonyl (C=O) groups excluding carboxylic acids is 1. The van der Waals surface area contributed by atoms with Crippen LogP contribution >= 0.6 is 0 Å². The van der Waals surface area contributed by atoms with Crippen LogP contribution in [-0.2, 0) is 22.8 Å². The van der Waals surface area contributed by atoms with Gasteiger partial charge in [-0.25, -0.2) is 8.42 Å². The third kappa shape index (κ3) is 4.93. The summed E-state index contributed by atoms with van der Waals surface area (Å²) in [6, 6.07) is 14.2. The van der Waals surface area contributed by atoms with E-state index < -0.39 is 9.84 Å². The van der Waals surface area contributed by atoms with Crippen molar-refractivity contribution in [3.63, 3.8) is 0 Å². The van der Waals surface area contributed by atoms with Crippen molar-refractivity contribution in [1.82, 2.24) is 5.32 Å². The van der Waals surface area contributed by atoms with Gasteiger partial charge in [0, 0.05) is 18.4 Å². The SMILES string of the molecule is CC(C)Cc1ccccc1C(=O)NCc1ccc(S(C)(=O)=O)cc1. The van der Waals surface area contributed by atoms with Crippen molar-refractivity contribution in [2.75, 3.05) is 6.26 Å². The maximum Gasteiger partial charge on any atom is 0.251 e. The van der Waals surface area contributed by atoms with Crippen LogP contribution in [0.2, 0.25) is 0 Å². The van der Waals surface area contributed by atoms with Gasteiger partial charge in [-0.3, -0.25) is 4.79 Å². The molecule has 0 aliphatic rings. The zero-order valence-electron chi connectivity index (χ0n) is 14.2. The molecule has 0 bridgehead atoms. The number of carbonyl (C=O) groups is 1. The smallest absolute Gasteiger partial charge is 0.251 e. The standard InChI is InChI=1S/C19H23NO3S/c1-14(2)12-16-6-4-5-7-18(16)19(21)20-13-15-8-10-17(11-9-15)24(3,22)23/h4-11,14H,12-13H2,1-3H3,(H,20,21). The van der Waals surface area contributed by atoms with Crippen LogP contribution in [0.15, 0.2) is 53.4 Å². The number of hydrogen-bond acceptors (Lipinski definition) is 3. The monoisotopic (exact) mass is 345 g/mol. The van der Waals surface area contributed by atoms with Crippen LogP contribution < -0.4 is 5.32 Å². The topological polar surface area (TPSA) is 63.2 Å². The minimum atomic E-state index is -3.20. The second-order valence-electron chi connectivity index (χ2n) is 6.35. The second-order valence-corrected chi connectivity index (χ2v) is 8.37. The highest BCUT2D eigenvalue weighted by Gasteiger charge is 2.12. The quantitative estimate of drug-likeness (QED) is 0.874. The van der Waals surface area contributed by atoms with Crippen molar-refractivity contribution in [3.05, 3.63) is 65.2 Å². The summed E-state index contributed by atoms with van der Waals surface area (Å²) in [4.78, 5) is 12.7. The first-order valence-corrected chi connectivity index (χ1v) is 9.81. The van der Waals surface area contributed by atoms with Gasteiger partial charge in [-0.15, -0.1) is 0 Å². The highest BCUT2D eigenvalue weighted by atomic mass is 32.2. The summed E-state index contributed by atoms with van der Waals surface area (Å²) >= 11 is 0. The van der Waals surface area contributed by atoms with Gasteiger partial charge in [0.1, 0.15) is 0 Å². The first-order chi connectivity index (χ1) is 11.3. The molecule has 0 unspecified atom stereocenters. The van der Waals surface area contributed by atoms with Crippen LogP contribution in [0.1, 0.15) is 35.3 Å². The molecule has 0 saturated heterocycles. The Bertz CT molecular complexity index is 809. The molecule has 0 atom stereocenters. The van der Waals surface area contributed by atoms with Crippen molar-refractivity contribution < 1.29 is 13.2 Å². The molecule has 24 heavy (non-hydrogen) atoms. The Hall–Kier alpha value is -2.14. The summed E-state index contributed by atoms with van der Waals surface area (Å²) in [6.45, 7) is 4.61. The third-order valence-electron chi connectivity index (χ3n) is 3.69. The fourth-order valence-corrected chi connectivity index (χ4v) is 3.12. The Balaban J connectivity index is 2.06. The molecule has 1 N–H and O–H groups in total. The molecule has 0 heterocycles. The number of amides is 1. The molecule has 0 radical (unpaired) electrons. The molecule has 2 rings (SSSR count). The van der Waals surface area contributed by atoms with Gasteiger partial charge in [-0.2, -0.15) is 0 Å². The first kappa shape index (κ1) is 18.2. The van der Waals surface area contributed by atoms with E-state index in [1.54, 1.807) is 24.3 Å². The van der Waals surface area contributed by atoms with E-state index in [1.165, 1.54) is 6.26 Å². The van der Waals surface area contributed by atoms with Crippen LogP contribution in [-0.4, -0.2) is 20.6 Å². The molecule has 2 aromatic carbocycles. The van der Waals surface area contributed by atoms with Gasteiger partial charge in [0.05, 0.1) is 4.90 Å². The van der Waals surface area contributed by atoms with Crippen LogP contribution in [0.3, 0.4) is 0 Å². The fourth-order valence-electron chi connectivity index (χ4n) is 2.49. The van der Waals surface area contributed by atoms with Crippen molar-refractivity contribution >= 4 is 15.7 Å². The summed E-state index contributed by atoms with van der Waals surface area (Å²) in [6.07, 6.45) is 2.03. The van der Waals surface area contributed by atoms with E-state index in [0.717, 1.165) is 17.5 Å². The average Bonchev–Trinajstić information content (AvgIpc) is 2.52. The van der Waals surface area contributed by atoms with Crippen molar-refractivity contribution in [1.29, 1.82) is 0 Å². The molecule has 4 nitrogen and oxygen atoms in total. The largest absolute Gasteiger partial charge is 0.348 e. The van der Waals surface area contributed by atoms with Gasteiger partial charge in [0.15, 0.2) is 9.84 Å². The molecule has 0 saturated carbocycles. The molecule has 0 aliphatic carbocycles. The van der Waals surface area contributed by atoms with E-state index in [4.69, 9.17) is 0 Å². The van der Waals surface area contributed by atoms with E-state index in [0.29, 0.717) is 18.0 Å². The van der Waals surface area contributed by atoms with Crippen LogP contribution in [0, 0.1) is 5.92 Å². The highest BCUT2D eigenvalue weighted by Crippen LogP contribution is 2.14. The average molecular weight is 345 g/mol. The molecule has 0 spiro atoms. The summed E-state index contributed by atoms with van der Waals surface area (Å²) in [5.41, 5.74) is 2.59. The number of sulfone groups is 1. The molecule has 2 aromatic rings. The maximum absolute atomic E-state index is 12.4. The van der Waals surface area contributed by atoms with E-state index >= 15 is 0 Å². The summed E-state index contributed by atoms with van der Waals surface area (Å²) in [7, 11) is -3.20. The zero-order valence-corrected chi connectivity index (χ0v) is 15.1. The van der Waals surface area contributed by atoms with Gasteiger partial charge in [0.25, 0.3) is 5.91 Å². The Morgan fingerprint density at radius 2 is 1.67 bits per heavy atom.